The van der Waals surface area contributed by atoms with Crippen LogP contribution in [0.2, 0.25) is 0 Å². The average molecular weight is 352 g/mol. The van der Waals surface area contributed by atoms with Gasteiger partial charge in [-0.1, -0.05) is 0 Å². The minimum Gasteiger partial charge on any atom is -0.505 e. The number of aromatic nitrogens is 1. The number of rotatable bonds is 3. The number of nitrogens with one attached hydrogen (secondary N) is 1. The number of carbonyl (C=O) groups excluding carboxylic acids is 2. The number of aryl methyl sites for hydroxylation is 2. The van der Waals surface area contributed by atoms with Crippen LogP contribution in [0.5, 0.6) is 5.75 Å². The van der Waals surface area contributed by atoms with Crippen molar-refractivity contribution in [3.8, 4) is 5.75 Å². The van der Waals surface area contributed by atoms with Gasteiger partial charge in [0.1, 0.15) is 17.7 Å². The first-order valence-corrected chi connectivity index (χ1v) is 8.20. The van der Waals surface area contributed by atoms with Gasteiger partial charge in [0, 0.05) is 7.05 Å². The van der Waals surface area contributed by atoms with E-state index >= 15 is 0 Å². The molecule has 8 heteroatoms. The van der Waals surface area contributed by atoms with Gasteiger partial charge >= 0.3 is 5.97 Å². The molecule has 0 bridgehead atoms. The number of amides is 1. The molecular weight excluding hydrogens is 332 g/mol. The zero-order valence-corrected chi connectivity index (χ0v) is 15.0. The smallest absolute Gasteiger partial charge is 0.325 e. The Labute approximate surface area is 142 Å². The Hall–Kier alpha value is -2.35. The lowest BCUT2D eigenvalue weighted by Crippen LogP contribution is -2.37. The number of hydrogen-bond donors (Lipinski definition) is 2. The number of thiophene rings is 1. The lowest BCUT2D eigenvalue weighted by molar-refractivity contribution is -0.153. The van der Waals surface area contributed by atoms with Crippen molar-refractivity contribution in [1.29, 1.82) is 0 Å². The van der Waals surface area contributed by atoms with Crippen LogP contribution >= 0.6 is 11.3 Å². The summed E-state index contributed by atoms with van der Waals surface area (Å²) in [5.74, 6) is -1.81. The van der Waals surface area contributed by atoms with E-state index in [9.17, 15) is 19.5 Å². The van der Waals surface area contributed by atoms with Crippen LogP contribution < -0.4 is 10.9 Å². The average Bonchev–Trinajstić information content (AvgIpc) is 2.83. The van der Waals surface area contributed by atoms with Crippen molar-refractivity contribution in [2.45, 2.75) is 33.3 Å². The number of aromatic hydroxyl groups is 1. The molecule has 7 nitrogen and oxygen atoms in total. The van der Waals surface area contributed by atoms with Crippen molar-refractivity contribution in [2.24, 2.45) is 7.05 Å². The van der Waals surface area contributed by atoms with E-state index in [0.29, 0.717) is 10.2 Å². The van der Waals surface area contributed by atoms with Gasteiger partial charge in [-0.3, -0.25) is 14.4 Å². The number of fused-ring (bicyclic) bond motifs is 1. The molecule has 0 fully saturated rings. The summed E-state index contributed by atoms with van der Waals surface area (Å²) >= 11 is 1.25. The molecule has 0 aromatic carbocycles. The minimum absolute atomic E-state index is 0.368. The molecule has 0 aliphatic carbocycles. The zero-order chi connectivity index (χ0) is 18.2. The predicted molar refractivity (Wildman–Crippen MR) is 91.6 cm³/mol. The fourth-order valence-electron chi connectivity index (χ4n) is 2.33. The Bertz CT molecular complexity index is 873. The Balaban J connectivity index is 2.31. The molecule has 0 saturated heterocycles. The van der Waals surface area contributed by atoms with Crippen molar-refractivity contribution < 1.29 is 19.4 Å². The van der Waals surface area contributed by atoms with Gasteiger partial charge in [-0.25, -0.2) is 0 Å². The van der Waals surface area contributed by atoms with Crippen LogP contribution in [0.3, 0.4) is 0 Å². The van der Waals surface area contributed by atoms with Crippen molar-refractivity contribution in [2.75, 3.05) is 6.54 Å². The lowest BCUT2D eigenvalue weighted by atomic mass is 10.2. The van der Waals surface area contributed by atoms with Crippen LogP contribution in [0.4, 0.5) is 0 Å². The minimum atomic E-state index is -0.813. The maximum atomic E-state index is 12.4. The largest absolute Gasteiger partial charge is 0.505 e. The van der Waals surface area contributed by atoms with Gasteiger partial charge in [-0.05, 0) is 38.6 Å². The molecule has 0 aliphatic heterocycles. The summed E-state index contributed by atoms with van der Waals surface area (Å²) in [5.41, 5.74) is -0.247. The summed E-state index contributed by atoms with van der Waals surface area (Å²) in [6.45, 7) is 6.56. The van der Waals surface area contributed by atoms with Crippen LogP contribution in [0.15, 0.2) is 10.2 Å². The summed E-state index contributed by atoms with van der Waals surface area (Å²) in [5, 5.41) is 14.4. The third-order valence-corrected chi connectivity index (χ3v) is 4.38. The molecule has 0 unspecified atom stereocenters. The highest BCUT2D eigenvalue weighted by atomic mass is 32.1. The van der Waals surface area contributed by atoms with Crippen molar-refractivity contribution >= 4 is 33.4 Å². The first-order chi connectivity index (χ1) is 11.0. The third kappa shape index (κ3) is 3.43. The summed E-state index contributed by atoms with van der Waals surface area (Å²) in [6.07, 6.45) is 0. The lowest BCUT2D eigenvalue weighted by Gasteiger charge is -2.19. The van der Waals surface area contributed by atoms with E-state index in [2.05, 4.69) is 5.32 Å². The Morgan fingerprint density at radius 2 is 2.00 bits per heavy atom. The molecular formula is C16H20N2O5S. The van der Waals surface area contributed by atoms with Crippen LogP contribution in [-0.4, -0.2) is 33.7 Å². The van der Waals surface area contributed by atoms with E-state index in [0.717, 1.165) is 5.56 Å². The summed E-state index contributed by atoms with van der Waals surface area (Å²) < 4.78 is 6.86. The molecule has 2 aromatic heterocycles. The van der Waals surface area contributed by atoms with Crippen LogP contribution in [0.25, 0.3) is 10.2 Å². The monoisotopic (exact) mass is 352 g/mol. The highest BCUT2D eigenvalue weighted by molar-refractivity contribution is 7.17. The third-order valence-electron chi connectivity index (χ3n) is 3.29. The standard InChI is InChI=1S/C16H20N2O5S/c1-8-7-24-13-11(8)18(5)15(22)10(12(13)20)14(21)17-6-9(19)23-16(2,3)4/h7,20H,6H2,1-5H3,(H,17,21). The molecule has 130 valence electrons. The molecule has 2 heterocycles. The van der Waals surface area contributed by atoms with Crippen LogP contribution in [-0.2, 0) is 16.6 Å². The van der Waals surface area contributed by atoms with E-state index in [4.69, 9.17) is 4.74 Å². The summed E-state index contributed by atoms with van der Waals surface area (Å²) in [4.78, 5) is 36.3. The second-order valence-electron chi connectivity index (χ2n) is 6.45. The fraction of sp³-hybridized carbons (Fsp3) is 0.438. The second-order valence-corrected chi connectivity index (χ2v) is 7.33. The highest BCUT2D eigenvalue weighted by Crippen LogP contribution is 2.33. The van der Waals surface area contributed by atoms with Crippen molar-refractivity contribution in [1.82, 2.24) is 9.88 Å². The van der Waals surface area contributed by atoms with E-state index in [1.54, 1.807) is 26.2 Å². The molecule has 24 heavy (non-hydrogen) atoms. The zero-order valence-electron chi connectivity index (χ0n) is 14.2. The SMILES string of the molecule is Cc1csc2c(O)c(C(=O)NCC(=O)OC(C)(C)C)c(=O)n(C)c12. The molecule has 0 saturated carbocycles. The van der Waals surface area contributed by atoms with Gasteiger partial charge in [0.2, 0.25) is 0 Å². The number of nitrogens with zero attached hydrogens (tertiary/aromatic N) is 1. The van der Waals surface area contributed by atoms with Gasteiger partial charge in [-0.15, -0.1) is 11.3 Å². The van der Waals surface area contributed by atoms with Gasteiger partial charge in [0.25, 0.3) is 11.5 Å². The fourth-order valence-corrected chi connectivity index (χ4v) is 3.36. The van der Waals surface area contributed by atoms with Gasteiger partial charge in [-0.2, -0.15) is 0 Å². The van der Waals surface area contributed by atoms with Gasteiger partial charge < -0.3 is 19.7 Å². The first-order valence-electron chi connectivity index (χ1n) is 7.32. The second kappa shape index (κ2) is 6.27. The Morgan fingerprint density at radius 3 is 2.58 bits per heavy atom. The van der Waals surface area contributed by atoms with Crippen LogP contribution in [0, 0.1) is 6.92 Å². The Kier molecular flexibility index (Phi) is 4.70. The molecule has 0 radical (unpaired) electrons. The van der Waals surface area contributed by atoms with E-state index in [-0.39, 0.29) is 17.9 Å². The van der Waals surface area contributed by atoms with E-state index in [1.165, 1.54) is 23.0 Å². The van der Waals surface area contributed by atoms with Crippen LogP contribution in [0.1, 0.15) is 36.7 Å². The first kappa shape index (κ1) is 18.0. The quantitative estimate of drug-likeness (QED) is 0.819. The van der Waals surface area contributed by atoms with E-state index in [1.807, 2.05) is 6.92 Å². The normalized spacial score (nSPS) is 11.5. The maximum absolute atomic E-state index is 12.4. The highest BCUT2D eigenvalue weighted by Gasteiger charge is 2.24. The topological polar surface area (TPSA) is 97.6 Å². The summed E-state index contributed by atoms with van der Waals surface area (Å²) in [6, 6.07) is 0. The van der Waals surface area contributed by atoms with Crippen molar-refractivity contribution in [3.63, 3.8) is 0 Å². The van der Waals surface area contributed by atoms with E-state index < -0.39 is 23.0 Å². The number of esters is 1. The van der Waals surface area contributed by atoms with Gasteiger partial charge in [0.05, 0.1) is 10.2 Å². The molecule has 2 N–H and O–H groups in total. The predicted octanol–water partition coefficient (Wildman–Crippen LogP) is 1.69. The molecule has 2 aromatic rings. The molecule has 0 atom stereocenters. The Morgan fingerprint density at radius 1 is 1.38 bits per heavy atom. The number of hydrogen-bond acceptors (Lipinski definition) is 6. The molecule has 0 aliphatic rings. The summed E-state index contributed by atoms with van der Waals surface area (Å²) in [7, 11) is 1.54. The molecule has 2 rings (SSSR count). The van der Waals surface area contributed by atoms with Gasteiger partial charge in [0.15, 0.2) is 5.75 Å². The maximum Gasteiger partial charge on any atom is 0.325 e. The number of ether oxygens (including phenoxy) is 1. The number of carbonyl (C=O) groups is 2. The molecule has 1 amide bonds. The van der Waals surface area contributed by atoms with Crippen molar-refractivity contribution in [3.05, 3.63) is 26.9 Å². The number of pyridine rings is 1. The molecule has 0 spiro atoms.